The number of hydrogen-bond acceptors (Lipinski definition) is 6. The third-order valence-corrected chi connectivity index (χ3v) is 5.07. The standard InChI is InChI=1S/C12H13N3O4S2/c1-7-6-20-11(15-7)5-14-21(18,19)10-3-2-8(12(16)17)4-9(10)13/h2-4,6,14H,5,13H2,1H3,(H,16,17). The van der Waals surface area contributed by atoms with Crippen molar-refractivity contribution in [2.75, 3.05) is 5.73 Å². The Bertz CT molecular complexity index is 784. The van der Waals surface area contributed by atoms with Crippen molar-refractivity contribution in [3.63, 3.8) is 0 Å². The number of aromatic nitrogens is 1. The fourth-order valence-electron chi connectivity index (χ4n) is 1.64. The number of aryl methyl sites for hydroxylation is 1. The van der Waals surface area contributed by atoms with Gasteiger partial charge in [-0.05, 0) is 25.1 Å². The Morgan fingerprint density at radius 2 is 2.19 bits per heavy atom. The van der Waals surface area contributed by atoms with E-state index in [-0.39, 0.29) is 22.7 Å². The number of nitrogens with zero attached hydrogens (tertiary/aromatic N) is 1. The van der Waals surface area contributed by atoms with Gasteiger partial charge in [0.25, 0.3) is 0 Å². The highest BCUT2D eigenvalue weighted by Gasteiger charge is 2.19. The maximum atomic E-state index is 12.2. The summed E-state index contributed by atoms with van der Waals surface area (Å²) >= 11 is 1.35. The maximum absolute atomic E-state index is 12.2. The summed E-state index contributed by atoms with van der Waals surface area (Å²) in [5.74, 6) is -1.17. The van der Waals surface area contributed by atoms with Gasteiger partial charge in [-0.25, -0.2) is 22.9 Å². The second kappa shape index (κ2) is 5.80. The summed E-state index contributed by atoms with van der Waals surface area (Å²) in [6.45, 7) is 1.87. The number of hydrogen-bond donors (Lipinski definition) is 3. The second-order valence-corrected chi connectivity index (χ2v) is 6.94. The lowest BCUT2D eigenvalue weighted by atomic mass is 10.2. The van der Waals surface area contributed by atoms with Crippen LogP contribution in [0.1, 0.15) is 21.1 Å². The van der Waals surface area contributed by atoms with Gasteiger partial charge >= 0.3 is 5.97 Å². The first-order valence-electron chi connectivity index (χ1n) is 5.83. The first kappa shape index (κ1) is 15.4. The van der Waals surface area contributed by atoms with Crippen LogP contribution in [0.5, 0.6) is 0 Å². The Hall–Kier alpha value is -1.97. The Kier molecular flexibility index (Phi) is 4.26. The Labute approximate surface area is 125 Å². The molecule has 1 aromatic heterocycles. The summed E-state index contributed by atoms with van der Waals surface area (Å²) in [6, 6.07) is 3.49. The molecule has 0 saturated carbocycles. The number of sulfonamides is 1. The summed E-state index contributed by atoms with van der Waals surface area (Å²) in [6.07, 6.45) is 0. The normalized spacial score (nSPS) is 11.5. The van der Waals surface area contributed by atoms with E-state index in [0.29, 0.717) is 5.01 Å². The van der Waals surface area contributed by atoms with Crippen LogP contribution in [0.25, 0.3) is 0 Å². The van der Waals surface area contributed by atoms with Crippen molar-refractivity contribution >= 4 is 33.0 Å². The summed E-state index contributed by atoms with van der Waals surface area (Å²) in [5.41, 5.74) is 6.26. The van der Waals surface area contributed by atoms with Gasteiger partial charge in [0.05, 0.1) is 17.8 Å². The predicted octanol–water partition coefficient (Wildman–Crippen LogP) is 1.21. The van der Waals surface area contributed by atoms with Crippen LogP contribution in [0, 0.1) is 6.92 Å². The van der Waals surface area contributed by atoms with Crippen molar-refractivity contribution in [2.45, 2.75) is 18.4 Å². The Morgan fingerprint density at radius 3 is 2.71 bits per heavy atom. The van der Waals surface area contributed by atoms with Crippen LogP contribution < -0.4 is 10.5 Å². The number of aromatic carboxylic acids is 1. The number of benzene rings is 1. The molecular weight excluding hydrogens is 314 g/mol. The summed E-state index contributed by atoms with van der Waals surface area (Å²) < 4.78 is 26.7. The molecule has 0 radical (unpaired) electrons. The van der Waals surface area contributed by atoms with Crippen molar-refractivity contribution < 1.29 is 18.3 Å². The molecule has 112 valence electrons. The van der Waals surface area contributed by atoms with Crippen LogP contribution in [0.4, 0.5) is 5.69 Å². The molecule has 9 heteroatoms. The van der Waals surface area contributed by atoms with Gasteiger partial charge in [0, 0.05) is 11.1 Å². The highest BCUT2D eigenvalue weighted by atomic mass is 32.2. The molecule has 2 rings (SSSR count). The lowest BCUT2D eigenvalue weighted by Gasteiger charge is -2.08. The van der Waals surface area contributed by atoms with E-state index in [9.17, 15) is 13.2 Å². The van der Waals surface area contributed by atoms with Crippen LogP contribution in [0.2, 0.25) is 0 Å². The van der Waals surface area contributed by atoms with Gasteiger partial charge in [0.15, 0.2) is 0 Å². The van der Waals surface area contributed by atoms with Crippen LogP contribution in [-0.4, -0.2) is 24.5 Å². The number of carboxylic acid groups (broad SMARTS) is 1. The number of carboxylic acids is 1. The van der Waals surface area contributed by atoms with Crippen LogP contribution >= 0.6 is 11.3 Å². The zero-order chi connectivity index (χ0) is 15.6. The first-order valence-corrected chi connectivity index (χ1v) is 8.19. The van der Waals surface area contributed by atoms with E-state index in [1.165, 1.54) is 23.5 Å². The number of nitrogens with two attached hydrogens (primary N) is 1. The molecule has 0 spiro atoms. The second-order valence-electron chi connectivity index (χ2n) is 4.26. The van der Waals surface area contributed by atoms with Crippen molar-refractivity contribution in [3.05, 3.63) is 39.8 Å². The molecule has 0 saturated heterocycles. The molecule has 0 bridgehead atoms. The van der Waals surface area contributed by atoms with Gasteiger partial charge in [-0.15, -0.1) is 11.3 Å². The maximum Gasteiger partial charge on any atom is 0.335 e. The molecule has 4 N–H and O–H groups in total. The largest absolute Gasteiger partial charge is 0.478 e. The molecule has 0 aliphatic heterocycles. The van der Waals surface area contributed by atoms with E-state index in [0.717, 1.165) is 11.8 Å². The van der Waals surface area contributed by atoms with Crippen molar-refractivity contribution in [1.82, 2.24) is 9.71 Å². The summed E-state index contributed by atoms with van der Waals surface area (Å²) in [7, 11) is -3.82. The molecule has 0 amide bonds. The summed E-state index contributed by atoms with van der Waals surface area (Å²) in [5, 5.41) is 11.3. The number of nitrogen functional groups attached to an aromatic ring is 1. The van der Waals surface area contributed by atoms with Crippen molar-refractivity contribution in [1.29, 1.82) is 0 Å². The predicted molar refractivity (Wildman–Crippen MR) is 78.7 cm³/mol. The number of anilines is 1. The molecule has 2 aromatic rings. The highest BCUT2D eigenvalue weighted by molar-refractivity contribution is 7.89. The summed E-state index contributed by atoms with van der Waals surface area (Å²) in [4.78, 5) is 14.8. The highest BCUT2D eigenvalue weighted by Crippen LogP contribution is 2.20. The van der Waals surface area contributed by atoms with Crippen LogP contribution in [-0.2, 0) is 16.6 Å². The van der Waals surface area contributed by atoms with Gasteiger partial charge < -0.3 is 10.8 Å². The molecule has 1 aromatic carbocycles. The quantitative estimate of drug-likeness (QED) is 0.709. The van der Waals surface area contributed by atoms with E-state index in [4.69, 9.17) is 10.8 Å². The minimum atomic E-state index is -3.82. The van der Waals surface area contributed by atoms with Crippen molar-refractivity contribution in [2.24, 2.45) is 0 Å². The molecule has 21 heavy (non-hydrogen) atoms. The molecule has 1 heterocycles. The molecule has 0 atom stereocenters. The van der Waals surface area contributed by atoms with Crippen molar-refractivity contribution in [3.8, 4) is 0 Å². The van der Waals surface area contributed by atoms with Gasteiger partial charge in [-0.1, -0.05) is 0 Å². The average Bonchev–Trinajstić information content (AvgIpc) is 2.82. The molecular formula is C12H13N3O4S2. The molecule has 0 unspecified atom stereocenters. The zero-order valence-electron chi connectivity index (χ0n) is 11.0. The monoisotopic (exact) mass is 327 g/mol. The SMILES string of the molecule is Cc1csc(CNS(=O)(=O)c2ccc(C(=O)O)cc2N)n1. The van der Waals surface area contributed by atoms with E-state index >= 15 is 0 Å². The van der Waals surface area contributed by atoms with Crippen LogP contribution in [0.3, 0.4) is 0 Å². The number of carbonyl (C=O) groups is 1. The van der Waals surface area contributed by atoms with E-state index in [1.54, 1.807) is 0 Å². The first-order chi connectivity index (χ1) is 9.79. The lowest BCUT2D eigenvalue weighted by molar-refractivity contribution is 0.0697. The Morgan fingerprint density at radius 1 is 1.48 bits per heavy atom. The smallest absolute Gasteiger partial charge is 0.335 e. The van der Waals surface area contributed by atoms with Crippen LogP contribution in [0.15, 0.2) is 28.5 Å². The van der Waals surface area contributed by atoms with Gasteiger partial charge in [0.1, 0.15) is 9.90 Å². The van der Waals surface area contributed by atoms with E-state index in [1.807, 2.05) is 12.3 Å². The molecule has 7 nitrogen and oxygen atoms in total. The molecule has 0 aliphatic rings. The molecule has 0 fully saturated rings. The Balaban J connectivity index is 2.21. The van der Waals surface area contributed by atoms with Gasteiger partial charge in [-0.3, -0.25) is 0 Å². The zero-order valence-corrected chi connectivity index (χ0v) is 12.7. The third-order valence-electron chi connectivity index (χ3n) is 2.63. The number of rotatable bonds is 5. The lowest BCUT2D eigenvalue weighted by Crippen LogP contribution is -2.24. The fraction of sp³-hybridized carbons (Fsp3) is 0.167. The number of thiazole rings is 1. The minimum absolute atomic E-state index is 0.0565. The average molecular weight is 327 g/mol. The van der Waals surface area contributed by atoms with Gasteiger partial charge in [-0.2, -0.15) is 0 Å². The topological polar surface area (TPSA) is 122 Å². The third kappa shape index (κ3) is 3.57. The number of nitrogens with one attached hydrogen (secondary N) is 1. The van der Waals surface area contributed by atoms with E-state index in [2.05, 4.69) is 9.71 Å². The van der Waals surface area contributed by atoms with E-state index < -0.39 is 16.0 Å². The minimum Gasteiger partial charge on any atom is -0.478 e. The molecule has 0 aliphatic carbocycles. The fourth-order valence-corrected chi connectivity index (χ4v) is 3.55. The van der Waals surface area contributed by atoms with Gasteiger partial charge in [0.2, 0.25) is 10.0 Å².